The second-order valence-corrected chi connectivity index (χ2v) is 3.60. The van der Waals surface area contributed by atoms with Crippen LogP contribution in [-0.2, 0) is 0 Å². The van der Waals surface area contributed by atoms with Crippen LogP contribution in [-0.4, -0.2) is 30.8 Å². The summed E-state index contributed by atoms with van der Waals surface area (Å²) >= 11 is 0. The molecule has 0 aliphatic carbocycles. The Hall–Kier alpha value is -2.64. The summed E-state index contributed by atoms with van der Waals surface area (Å²) in [7, 11) is 2.93. The van der Waals surface area contributed by atoms with E-state index in [1.54, 1.807) is 0 Å². The van der Waals surface area contributed by atoms with Gasteiger partial charge in [0, 0.05) is 14.1 Å². The highest BCUT2D eigenvalue weighted by Crippen LogP contribution is 2.35. The molecule has 1 aromatic carbocycles. The maximum Gasteiger partial charge on any atom is 0.255 e. The van der Waals surface area contributed by atoms with E-state index in [1.165, 1.54) is 25.1 Å². The third-order valence-electron chi connectivity index (χ3n) is 2.24. The van der Waals surface area contributed by atoms with Crippen molar-refractivity contribution in [1.82, 2.24) is 4.90 Å². The third kappa shape index (κ3) is 2.21. The van der Waals surface area contributed by atoms with E-state index in [9.17, 15) is 19.4 Å². The summed E-state index contributed by atoms with van der Waals surface area (Å²) in [6.45, 7) is 0. The van der Waals surface area contributed by atoms with Crippen LogP contribution in [0.3, 0.4) is 0 Å². The van der Waals surface area contributed by atoms with Gasteiger partial charge in [0.25, 0.3) is 11.8 Å². The van der Waals surface area contributed by atoms with Crippen molar-refractivity contribution < 1.29 is 9.59 Å². The second-order valence-electron chi connectivity index (χ2n) is 3.60. The van der Waals surface area contributed by atoms with Gasteiger partial charge < -0.3 is 10.6 Å². The molecule has 2 amide bonds. The molecule has 2 N–H and O–H groups in total. The number of nitrogens with two attached hydrogens (primary N) is 1. The van der Waals surface area contributed by atoms with Crippen LogP contribution in [0.1, 0.15) is 20.7 Å². The van der Waals surface area contributed by atoms with E-state index in [1.807, 2.05) is 0 Å². The minimum Gasteiger partial charge on any atom is -0.366 e. The number of benzene rings is 1. The first-order valence-electron chi connectivity index (χ1n) is 4.79. The summed E-state index contributed by atoms with van der Waals surface area (Å²) in [5.74, 6) is -1.47. The maximum absolute atomic E-state index is 11.7. The first kappa shape index (κ1) is 13.4. The third-order valence-corrected chi connectivity index (χ3v) is 2.24. The monoisotopic (exact) mass is 250 g/mol. The Labute approximate surface area is 102 Å². The molecule has 0 bridgehead atoms. The zero-order chi connectivity index (χ0) is 13.9. The first-order valence-corrected chi connectivity index (χ1v) is 4.79. The van der Waals surface area contributed by atoms with Crippen molar-refractivity contribution >= 4 is 23.2 Å². The van der Waals surface area contributed by atoms with Crippen molar-refractivity contribution in [2.75, 3.05) is 14.1 Å². The van der Waals surface area contributed by atoms with Crippen LogP contribution in [0.5, 0.6) is 0 Å². The lowest BCUT2D eigenvalue weighted by molar-refractivity contribution is 0.0827. The standard InChI is InChI=1S/C10H10N4O4/c1-14(2)10(16)6-4-3-5(9(11)15)7(12-17)8(6)13-18/h3-4H,1-2H3,(H2,11,15). The summed E-state index contributed by atoms with van der Waals surface area (Å²) in [5, 5.41) is 5.14. The Morgan fingerprint density at radius 3 is 1.89 bits per heavy atom. The first-order chi connectivity index (χ1) is 8.43. The number of amides is 2. The normalized spacial score (nSPS) is 9.67. The number of rotatable bonds is 4. The largest absolute Gasteiger partial charge is 0.366 e. The molecule has 0 radical (unpaired) electrons. The number of hydrogen-bond donors (Lipinski definition) is 1. The van der Waals surface area contributed by atoms with Gasteiger partial charge in [-0.05, 0) is 22.5 Å². The fourth-order valence-corrected chi connectivity index (χ4v) is 1.38. The van der Waals surface area contributed by atoms with Gasteiger partial charge >= 0.3 is 0 Å². The van der Waals surface area contributed by atoms with Crippen molar-refractivity contribution in [2.45, 2.75) is 0 Å². The summed E-state index contributed by atoms with van der Waals surface area (Å²) in [6, 6.07) is 2.36. The number of primary amides is 1. The van der Waals surface area contributed by atoms with Crippen LogP contribution >= 0.6 is 0 Å². The predicted molar refractivity (Wildman–Crippen MR) is 63.9 cm³/mol. The van der Waals surface area contributed by atoms with E-state index in [0.29, 0.717) is 0 Å². The summed E-state index contributed by atoms with van der Waals surface area (Å²) in [4.78, 5) is 45.4. The van der Waals surface area contributed by atoms with Crippen molar-refractivity contribution in [2.24, 2.45) is 16.1 Å². The fourth-order valence-electron chi connectivity index (χ4n) is 1.38. The van der Waals surface area contributed by atoms with E-state index in [4.69, 9.17) is 5.73 Å². The van der Waals surface area contributed by atoms with E-state index < -0.39 is 23.2 Å². The van der Waals surface area contributed by atoms with Crippen LogP contribution in [0.2, 0.25) is 0 Å². The average molecular weight is 250 g/mol. The van der Waals surface area contributed by atoms with Gasteiger partial charge in [0.05, 0.1) is 11.1 Å². The summed E-state index contributed by atoms with van der Waals surface area (Å²) in [5.41, 5.74) is 3.64. The SMILES string of the molecule is CN(C)C(=O)c1ccc(C(N)=O)c(N=O)c1N=O. The van der Waals surface area contributed by atoms with Crippen LogP contribution in [0.4, 0.5) is 11.4 Å². The number of nitroso groups, excluding NO2 is 2. The molecule has 0 spiro atoms. The van der Waals surface area contributed by atoms with Gasteiger partial charge in [-0.3, -0.25) is 9.59 Å². The van der Waals surface area contributed by atoms with E-state index in [2.05, 4.69) is 10.4 Å². The lowest BCUT2D eigenvalue weighted by Gasteiger charge is -2.12. The van der Waals surface area contributed by atoms with Crippen molar-refractivity contribution in [3.05, 3.63) is 33.1 Å². The number of carbonyl (C=O) groups is 2. The second kappa shape index (κ2) is 5.13. The lowest BCUT2D eigenvalue weighted by Crippen LogP contribution is -2.22. The summed E-state index contributed by atoms with van der Waals surface area (Å²) in [6.07, 6.45) is 0. The quantitative estimate of drug-likeness (QED) is 0.808. The molecule has 0 saturated carbocycles. The highest BCUT2D eigenvalue weighted by molar-refractivity contribution is 6.06. The van der Waals surface area contributed by atoms with Crippen LogP contribution in [0.15, 0.2) is 22.5 Å². The van der Waals surface area contributed by atoms with E-state index in [0.717, 1.165) is 6.07 Å². The molecule has 0 aliphatic heterocycles. The van der Waals surface area contributed by atoms with Crippen LogP contribution in [0.25, 0.3) is 0 Å². The van der Waals surface area contributed by atoms with Gasteiger partial charge in [-0.2, -0.15) is 0 Å². The molecule has 0 atom stereocenters. The molecule has 0 saturated heterocycles. The predicted octanol–water partition coefficient (Wildman–Crippen LogP) is 1.28. The van der Waals surface area contributed by atoms with Crippen molar-refractivity contribution in [3.63, 3.8) is 0 Å². The minimum absolute atomic E-state index is 0.116. The molecule has 1 rings (SSSR count). The number of carbonyl (C=O) groups excluding carboxylic acids is 2. The van der Waals surface area contributed by atoms with Crippen LogP contribution in [0, 0.1) is 9.81 Å². The Balaban J connectivity index is 3.59. The van der Waals surface area contributed by atoms with Crippen molar-refractivity contribution in [1.29, 1.82) is 0 Å². The molecule has 0 aromatic heterocycles. The lowest BCUT2D eigenvalue weighted by atomic mass is 10.0. The Bertz CT molecular complexity index is 539. The van der Waals surface area contributed by atoms with E-state index in [-0.39, 0.29) is 11.1 Å². The number of hydrogen-bond acceptors (Lipinski definition) is 6. The summed E-state index contributed by atoms with van der Waals surface area (Å²) < 4.78 is 0. The highest BCUT2D eigenvalue weighted by Gasteiger charge is 2.23. The fraction of sp³-hybridized carbons (Fsp3) is 0.200. The highest BCUT2D eigenvalue weighted by atomic mass is 16.3. The minimum atomic E-state index is -0.932. The molecule has 8 nitrogen and oxygen atoms in total. The Morgan fingerprint density at radius 2 is 1.50 bits per heavy atom. The molecular formula is C10H10N4O4. The molecular weight excluding hydrogens is 240 g/mol. The van der Waals surface area contributed by atoms with Crippen molar-refractivity contribution in [3.8, 4) is 0 Å². The number of nitrogens with zero attached hydrogens (tertiary/aromatic N) is 3. The van der Waals surface area contributed by atoms with Gasteiger partial charge in [0.2, 0.25) is 0 Å². The average Bonchev–Trinajstić information content (AvgIpc) is 2.35. The molecule has 18 heavy (non-hydrogen) atoms. The topological polar surface area (TPSA) is 122 Å². The molecule has 0 heterocycles. The maximum atomic E-state index is 11.7. The van der Waals surface area contributed by atoms with E-state index >= 15 is 0 Å². The van der Waals surface area contributed by atoms with Gasteiger partial charge in [-0.15, -0.1) is 9.81 Å². The van der Waals surface area contributed by atoms with Gasteiger partial charge in [-0.1, -0.05) is 0 Å². The Kier molecular flexibility index (Phi) is 3.82. The van der Waals surface area contributed by atoms with Gasteiger partial charge in [-0.25, -0.2) is 0 Å². The molecule has 8 heteroatoms. The molecule has 0 aliphatic rings. The molecule has 1 aromatic rings. The zero-order valence-corrected chi connectivity index (χ0v) is 9.71. The molecule has 0 fully saturated rings. The molecule has 94 valence electrons. The van der Waals surface area contributed by atoms with Gasteiger partial charge in [0.15, 0.2) is 11.4 Å². The van der Waals surface area contributed by atoms with Crippen LogP contribution < -0.4 is 5.73 Å². The van der Waals surface area contributed by atoms with Gasteiger partial charge in [0.1, 0.15) is 0 Å². The smallest absolute Gasteiger partial charge is 0.255 e. The Morgan fingerprint density at radius 1 is 1.06 bits per heavy atom. The zero-order valence-electron chi connectivity index (χ0n) is 9.71. The molecule has 0 unspecified atom stereocenters.